The Kier molecular flexibility index (Phi) is 4.04. The second-order valence-electron chi connectivity index (χ2n) is 5.86. The fourth-order valence-corrected chi connectivity index (χ4v) is 2.76. The third kappa shape index (κ3) is 3.12. The van der Waals surface area contributed by atoms with Crippen molar-refractivity contribution in [3.63, 3.8) is 0 Å². The van der Waals surface area contributed by atoms with E-state index in [0.717, 1.165) is 24.1 Å². The van der Waals surface area contributed by atoms with Crippen LogP contribution in [0.4, 0.5) is 11.6 Å². The molecule has 1 saturated carbocycles. The Hall–Kier alpha value is -1.32. The molecule has 0 radical (unpaired) electrons. The highest BCUT2D eigenvalue weighted by Crippen LogP contribution is 2.39. The maximum atomic E-state index is 4.25. The monoisotopic (exact) mass is 248 g/mol. The molecular weight excluding hydrogens is 224 g/mol. The van der Waals surface area contributed by atoms with Crippen LogP contribution in [0.1, 0.15) is 39.5 Å². The first kappa shape index (κ1) is 13.1. The van der Waals surface area contributed by atoms with Gasteiger partial charge < -0.3 is 10.6 Å². The quantitative estimate of drug-likeness (QED) is 0.840. The molecule has 0 saturated heterocycles. The number of aromatic nitrogens is 2. The van der Waals surface area contributed by atoms with Crippen LogP contribution in [-0.2, 0) is 0 Å². The Labute approximate surface area is 110 Å². The van der Waals surface area contributed by atoms with Crippen LogP contribution in [0.15, 0.2) is 12.4 Å². The lowest BCUT2D eigenvalue weighted by Gasteiger charge is -2.32. The molecule has 18 heavy (non-hydrogen) atoms. The van der Waals surface area contributed by atoms with Gasteiger partial charge in [-0.2, -0.15) is 0 Å². The van der Waals surface area contributed by atoms with E-state index >= 15 is 0 Å². The Morgan fingerprint density at radius 2 is 1.89 bits per heavy atom. The minimum Gasteiger partial charge on any atom is -0.373 e. The van der Waals surface area contributed by atoms with E-state index in [1.54, 1.807) is 6.33 Å². The summed E-state index contributed by atoms with van der Waals surface area (Å²) in [5.41, 5.74) is 0.335. The number of anilines is 2. The molecule has 0 bridgehead atoms. The molecule has 0 unspecified atom stereocenters. The van der Waals surface area contributed by atoms with Crippen LogP contribution in [-0.4, -0.2) is 23.6 Å². The molecule has 100 valence electrons. The first-order valence-electron chi connectivity index (χ1n) is 6.85. The number of rotatable bonds is 5. The molecule has 1 fully saturated rings. The van der Waals surface area contributed by atoms with Crippen molar-refractivity contribution >= 4 is 11.6 Å². The van der Waals surface area contributed by atoms with Crippen molar-refractivity contribution < 1.29 is 0 Å². The van der Waals surface area contributed by atoms with E-state index in [4.69, 9.17) is 0 Å². The summed E-state index contributed by atoms with van der Waals surface area (Å²) in [6, 6.07) is 1.95. The smallest absolute Gasteiger partial charge is 0.131 e. The van der Waals surface area contributed by atoms with Crippen LogP contribution in [0, 0.1) is 11.3 Å². The number of hydrogen-bond acceptors (Lipinski definition) is 4. The van der Waals surface area contributed by atoms with Gasteiger partial charge in [-0.15, -0.1) is 0 Å². The molecule has 1 aromatic heterocycles. The second-order valence-corrected chi connectivity index (χ2v) is 5.86. The molecule has 0 atom stereocenters. The highest BCUT2D eigenvalue weighted by Gasteiger charge is 2.31. The first-order chi connectivity index (χ1) is 8.62. The van der Waals surface area contributed by atoms with E-state index < -0.39 is 0 Å². The summed E-state index contributed by atoms with van der Waals surface area (Å²) in [7, 11) is 1.87. The summed E-state index contributed by atoms with van der Waals surface area (Å²) in [5.74, 6) is 2.60. The molecule has 2 rings (SSSR count). The normalized spacial score (nSPS) is 16.8. The summed E-state index contributed by atoms with van der Waals surface area (Å²) >= 11 is 0. The Bertz CT molecular complexity index is 383. The van der Waals surface area contributed by atoms with Crippen LogP contribution >= 0.6 is 0 Å². The van der Waals surface area contributed by atoms with Crippen molar-refractivity contribution in [1.29, 1.82) is 0 Å². The van der Waals surface area contributed by atoms with Crippen molar-refractivity contribution in [3.8, 4) is 0 Å². The van der Waals surface area contributed by atoms with Gasteiger partial charge in [-0.05, 0) is 24.2 Å². The molecule has 1 aliphatic carbocycles. The van der Waals surface area contributed by atoms with Crippen molar-refractivity contribution in [2.45, 2.75) is 39.5 Å². The zero-order chi connectivity index (χ0) is 13.0. The average molecular weight is 248 g/mol. The van der Waals surface area contributed by atoms with E-state index in [1.165, 1.54) is 25.7 Å². The summed E-state index contributed by atoms with van der Waals surface area (Å²) < 4.78 is 0. The van der Waals surface area contributed by atoms with Crippen molar-refractivity contribution in [1.82, 2.24) is 9.97 Å². The molecule has 4 heteroatoms. The summed E-state index contributed by atoms with van der Waals surface area (Å²) in [6.45, 7) is 5.68. The molecular formula is C14H24N4. The molecule has 2 N–H and O–H groups in total. The lowest BCUT2D eigenvalue weighted by molar-refractivity contribution is 0.234. The van der Waals surface area contributed by atoms with E-state index in [2.05, 4.69) is 34.4 Å². The standard InChI is InChI=1S/C14H24N4/c1-14(2,11-6-4-5-7-11)9-16-13-8-12(15-3)17-10-18-13/h8,10-11H,4-7,9H2,1-3H3,(H2,15,16,17,18). The largest absolute Gasteiger partial charge is 0.373 e. The van der Waals surface area contributed by atoms with E-state index in [9.17, 15) is 0 Å². The predicted molar refractivity (Wildman–Crippen MR) is 75.8 cm³/mol. The lowest BCUT2D eigenvalue weighted by atomic mass is 9.78. The summed E-state index contributed by atoms with van der Waals surface area (Å²) in [6.07, 6.45) is 7.13. The fraction of sp³-hybridized carbons (Fsp3) is 0.714. The molecule has 1 heterocycles. The van der Waals surface area contributed by atoms with Gasteiger partial charge in [0, 0.05) is 19.7 Å². The summed E-state index contributed by atoms with van der Waals surface area (Å²) in [4.78, 5) is 8.37. The van der Waals surface area contributed by atoms with Gasteiger partial charge in [0.1, 0.15) is 18.0 Å². The molecule has 0 amide bonds. The van der Waals surface area contributed by atoms with Gasteiger partial charge in [-0.25, -0.2) is 9.97 Å². The minimum absolute atomic E-state index is 0.335. The zero-order valence-corrected chi connectivity index (χ0v) is 11.7. The van der Waals surface area contributed by atoms with Gasteiger partial charge in [0.2, 0.25) is 0 Å². The van der Waals surface area contributed by atoms with Gasteiger partial charge >= 0.3 is 0 Å². The SMILES string of the molecule is CNc1cc(NCC(C)(C)C2CCCC2)ncn1. The van der Waals surface area contributed by atoms with Gasteiger partial charge in [-0.1, -0.05) is 26.7 Å². The van der Waals surface area contributed by atoms with Crippen molar-refractivity contribution in [3.05, 3.63) is 12.4 Å². The van der Waals surface area contributed by atoms with E-state index in [-0.39, 0.29) is 0 Å². The number of hydrogen-bond donors (Lipinski definition) is 2. The van der Waals surface area contributed by atoms with Crippen LogP contribution in [0.2, 0.25) is 0 Å². The molecule has 0 aromatic carbocycles. The third-order valence-electron chi connectivity index (χ3n) is 4.11. The lowest BCUT2D eigenvalue weighted by Crippen LogP contribution is -2.30. The Morgan fingerprint density at radius 3 is 2.56 bits per heavy atom. The van der Waals surface area contributed by atoms with E-state index in [0.29, 0.717) is 5.41 Å². The Balaban J connectivity index is 1.93. The van der Waals surface area contributed by atoms with Gasteiger partial charge in [0.25, 0.3) is 0 Å². The van der Waals surface area contributed by atoms with Crippen molar-refractivity contribution in [2.24, 2.45) is 11.3 Å². The van der Waals surface area contributed by atoms with Gasteiger partial charge in [-0.3, -0.25) is 0 Å². The summed E-state index contributed by atoms with van der Waals surface area (Å²) in [5, 5.41) is 6.47. The van der Waals surface area contributed by atoms with Crippen LogP contribution in [0.3, 0.4) is 0 Å². The van der Waals surface area contributed by atoms with Crippen LogP contribution in [0.25, 0.3) is 0 Å². The molecule has 0 aliphatic heterocycles. The molecule has 0 spiro atoms. The molecule has 4 nitrogen and oxygen atoms in total. The minimum atomic E-state index is 0.335. The molecule has 1 aromatic rings. The maximum absolute atomic E-state index is 4.25. The van der Waals surface area contributed by atoms with Gasteiger partial charge in [0.15, 0.2) is 0 Å². The number of nitrogens with one attached hydrogen (secondary N) is 2. The molecule has 1 aliphatic rings. The third-order valence-corrected chi connectivity index (χ3v) is 4.11. The van der Waals surface area contributed by atoms with Crippen LogP contribution < -0.4 is 10.6 Å². The van der Waals surface area contributed by atoms with E-state index in [1.807, 2.05) is 13.1 Å². The van der Waals surface area contributed by atoms with Gasteiger partial charge in [0.05, 0.1) is 0 Å². The average Bonchev–Trinajstić information content (AvgIpc) is 2.91. The maximum Gasteiger partial charge on any atom is 0.131 e. The number of nitrogens with zero attached hydrogens (tertiary/aromatic N) is 2. The highest BCUT2D eigenvalue weighted by atomic mass is 15.1. The zero-order valence-electron chi connectivity index (χ0n) is 11.7. The van der Waals surface area contributed by atoms with Crippen molar-refractivity contribution in [2.75, 3.05) is 24.2 Å². The topological polar surface area (TPSA) is 49.8 Å². The fourth-order valence-electron chi connectivity index (χ4n) is 2.76. The second kappa shape index (κ2) is 5.55. The first-order valence-corrected chi connectivity index (χ1v) is 6.85. The predicted octanol–water partition coefficient (Wildman–Crippen LogP) is 3.15. The highest BCUT2D eigenvalue weighted by molar-refractivity contribution is 5.45. The van der Waals surface area contributed by atoms with Crippen LogP contribution in [0.5, 0.6) is 0 Å². The Morgan fingerprint density at radius 1 is 1.22 bits per heavy atom.